The quantitative estimate of drug-likeness (QED) is 0.0466. The van der Waals surface area contributed by atoms with Gasteiger partial charge in [-0.05, 0) is 113 Å². The van der Waals surface area contributed by atoms with E-state index >= 15 is 0 Å². The highest BCUT2D eigenvalue weighted by atomic mass is 19.3. The third-order valence-corrected chi connectivity index (χ3v) is 19.3. The normalized spacial score (nSPS) is 22.1. The summed E-state index contributed by atoms with van der Waals surface area (Å²) in [7, 11) is 0. The van der Waals surface area contributed by atoms with E-state index in [0.29, 0.717) is 87.6 Å². The molecule has 9 N–H and O–H groups in total. The summed E-state index contributed by atoms with van der Waals surface area (Å²) >= 11 is 0. The second-order valence-electron chi connectivity index (χ2n) is 26.4. The third-order valence-electron chi connectivity index (χ3n) is 19.3. The van der Waals surface area contributed by atoms with Crippen molar-refractivity contribution in [2.24, 2.45) is 17.6 Å². The van der Waals surface area contributed by atoms with Crippen LogP contribution < -0.4 is 51.1 Å². The number of carboxylic acid groups (broad SMARTS) is 1. The second kappa shape index (κ2) is 24.4. The number of carbonyl (C=O) groups excluding carboxylic acids is 5. The predicted octanol–water partition coefficient (Wildman–Crippen LogP) is 9.38. The third kappa shape index (κ3) is 12.3. The Hall–Kier alpha value is -11.1. The lowest BCUT2D eigenvalue weighted by molar-refractivity contribution is 0.0689. The lowest BCUT2D eigenvalue weighted by atomic mass is 10.1. The molecule has 18 rings (SSSR count). The van der Waals surface area contributed by atoms with Gasteiger partial charge < -0.3 is 25.5 Å². The summed E-state index contributed by atoms with van der Waals surface area (Å²) in [6, 6.07) is 18.5. The first-order valence-electron chi connectivity index (χ1n) is 32.5. The highest BCUT2D eigenvalue weighted by molar-refractivity contribution is 6.11. The number of aromatic amines is 3. The second-order valence-corrected chi connectivity index (χ2v) is 26.4. The molecule has 3 saturated carbocycles. The molecule has 0 spiro atoms. The number of nitrogens with two attached hydrogens (primary N) is 1. The highest BCUT2D eigenvalue weighted by Crippen LogP contribution is 2.52. The van der Waals surface area contributed by atoms with E-state index in [1.54, 1.807) is 45.0 Å². The van der Waals surface area contributed by atoms with Crippen LogP contribution in [0.15, 0.2) is 72.8 Å². The Bertz CT molecular complexity index is 4660. The number of aryl methyl sites for hydroxylation is 3. The molecule has 6 aliphatic heterocycles. The van der Waals surface area contributed by atoms with E-state index in [9.17, 15) is 60.2 Å². The Labute approximate surface area is 562 Å². The molecule has 100 heavy (non-hydrogen) atoms. The molecule has 9 aliphatic rings. The molecule has 3 saturated heterocycles. The van der Waals surface area contributed by atoms with Crippen LogP contribution in [0.25, 0.3) is 33.1 Å². The number of pyridine rings is 6. The number of hydrogen-bond acceptors (Lipinski definition) is 19. The zero-order chi connectivity index (χ0) is 70.0. The minimum absolute atomic E-state index is 0.0744. The van der Waals surface area contributed by atoms with Gasteiger partial charge in [0.25, 0.3) is 17.8 Å². The molecule has 3 aliphatic carbocycles. The fraction of sp³-hybridized carbons (Fsp3) is 0.400. The summed E-state index contributed by atoms with van der Waals surface area (Å²) < 4.78 is 75.9. The smallest absolute Gasteiger partial charge is 0.354 e. The van der Waals surface area contributed by atoms with Crippen LogP contribution in [0.4, 0.5) is 92.7 Å². The molecule has 6 amide bonds. The van der Waals surface area contributed by atoms with Crippen LogP contribution in [-0.4, -0.2) is 182 Å². The number of nitrogens with one attached hydrogen (secondary N) is 6. The number of urea groups is 3. The van der Waals surface area contributed by atoms with E-state index in [0.717, 1.165) is 73.0 Å². The number of fused-ring (bicyclic) bond motifs is 15. The number of Topliss-reactive ketones (excluding diaryl/α,β-unsaturated/α-hetero) is 2. The number of anilines is 9. The average molecular weight is 1380 g/mol. The van der Waals surface area contributed by atoms with Crippen molar-refractivity contribution in [2.45, 2.75) is 114 Å². The molecule has 0 radical (unpaired) electrons. The number of aromatic carboxylic acids is 1. The molecule has 15 heterocycles. The first-order chi connectivity index (χ1) is 47.7. The number of nitrogens with zero attached hydrogens (tertiary/aromatic N) is 15. The van der Waals surface area contributed by atoms with Gasteiger partial charge >= 0.3 is 24.1 Å². The van der Waals surface area contributed by atoms with Gasteiger partial charge in [-0.2, -0.15) is 15.3 Å². The molecule has 518 valence electrons. The van der Waals surface area contributed by atoms with Gasteiger partial charge in [-0.15, -0.1) is 0 Å². The van der Waals surface area contributed by atoms with E-state index in [2.05, 4.69) is 91.1 Å². The summed E-state index contributed by atoms with van der Waals surface area (Å²) in [5.41, 5.74) is 11.3. The topological polar surface area (TPSA) is 368 Å². The van der Waals surface area contributed by atoms with Gasteiger partial charge in [-0.25, -0.2) is 75.4 Å². The van der Waals surface area contributed by atoms with Gasteiger partial charge in [0, 0.05) is 100 Å². The number of halogens is 6. The lowest BCUT2D eigenvalue weighted by Gasteiger charge is -2.35. The number of carboxylic acids is 1. The van der Waals surface area contributed by atoms with Crippen LogP contribution in [0.5, 0.6) is 0 Å². The summed E-state index contributed by atoms with van der Waals surface area (Å²) in [5.74, 6) is -9.71. The van der Waals surface area contributed by atoms with Gasteiger partial charge in [0.15, 0.2) is 69.1 Å². The predicted molar refractivity (Wildman–Crippen MR) is 353 cm³/mol. The molecule has 6 fully saturated rings. The molecule has 6 bridgehead atoms. The molecular weight excluding hydrogens is 1310 g/mol. The molecule has 35 heteroatoms. The first kappa shape index (κ1) is 64.8. The van der Waals surface area contributed by atoms with Crippen molar-refractivity contribution in [1.82, 2.24) is 60.5 Å². The fourth-order valence-electron chi connectivity index (χ4n) is 13.5. The molecule has 0 aromatic carbocycles. The molecule has 6 atom stereocenters. The number of amides is 6. The van der Waals surface area contributed by atoms with Crippen LogP contribution in [-0.2, 0) is 0 Å². The van der Waals surface area contributed by atoms with E-state index in [-0.39, 0.29) is 67.3 Å². The van der Waals surface area contributed by atoms with Crippen LogP contribution in [0.1, 0.15) is 99.9 Å². The molecule has 3 unspecified atom stereocenters. The summed E-state index contributed by atoms with van der Waals surface area (Å²) in [5, 5.41) is 40.9. The van der Waals surface area contributed by atoms with Crippen LogP contribution in [0.2, 0.25) is 0 Å². The largest absolute Gasteiger partial charge is 0.477 e. The van der Waals surface area contributed by atoms with Gasteiger partial charge in [0.1, 0.15) is 11.4 Å². The number of H-pyrrole nitrogens is 3. The summed E-state index contributed by atoms with van der Waals surface area (Å²) in [6.45, 7) is 9.94. The van der Waals surface area contributed by atoms with Crippen LogP contribution >= 0.6 is 0 Å². The van der Waals surface area contributed by atoms with Crippen molar-refractivity contribution in [2.75, 3.05) is 84.6 Å². The maximum Gasteiger partial charge on any atom is 0.354 e. The van der Waals surface area contributed by atoms with Gasteiger partial charge in [-0.3, -0.25) is 55.5 Å². The summed E-state index contributed by atoms with van der Waals surface area (Å²) in [6.07, 6.45) is 1.15. The number of alkyl halides is 6. The minimum Gasteiger partial charge on any atom is -0.477 e. The van der Waals surface area contributed by atoms with Gasteiger partial charge in [-0.1, -0.05) is 0 Å². The SMILES string of the molecule is Cc1ccc2c(NC(=O)N3c4nc(C(=O)CC5CC5(F)F)ccc4N4CC[C@H]3C4)n[nH]c2n1.Cc1ccc2c(NC(=O)N3c4nc(C(=O)CC5CC5(F)F)ccc4N4CC[C@H]3C4)n[nH]c2n1.Cc1ccc2c(NC(=O)N3c4nc(C(=O)O)ccc4N4CC[C@H]3C4)n[nH]c2n1.NC1CC1(F)F. The average Bonchev–Trinajstić information content (AvgIpc) is 1.50. The molecular formula is C65H64F6N22O7. The Morgan fingerprint density at radius 3 is 1.06 bits per heavy atom. The maximum atomic E-state index is 13.4. The van der Waals surface area contributed by atoms with Crippen molar-refractivity contribution in [1.29, 1.82) is 0 Å². The Morgan fingerprint density at radius 1 is 0.470 bits per heavy atom. The Morgan fingerprint density at radius 2 is 0.770 bits per heavy atom. The number of hydrogen-bond donors (Lipinski definition) is 8. The molecule has 9 aromatic rings. The standard InChI is InChI=1S/2C22H21F2N7O2.C18H17N7O3.C3H5F2N/c2*1-11-2-3-14-18(25-11)28-29-19(14)27-21(33)31-13-6-7-30(10-13)16-5-4-15(26-20(16)31)17(32)8-12-9-22(12,23)24;1-9-2-3-11-14(19-9)22-23-15(11)21-18(28)25-10-6-7-24(8-10)13-5-4-12(17(26)27)20-16(13)25;4-3(5)1-2(3)6/h2*2-5,12-13H,6-10H2,1H3,(H2,25,27,28,29,33);2-5,10H,6-8H2,1H3,(H,26,27)(H2,19,21,22,23,28);2H,1,6H2/t2*12?,13-;10-;/m000./s1. The number of carbonyl (C=O) groups is 6. The molecule has 9 aromatic heterocycles. The number of ketones is 2. The zero-order valence-electron chi connectivity index (χ0n) is 53.7. The Kier molecular flexibility index (Phi) is 15.8. The van der Waals surface area contributed by atoms with Crippen molar-refractivity contribution < 1.29 is 60.2 Å². The van der Waals surface area contributed by atoms with Crippen LogP contribution in [0.3, 0.4) is 0 Å². The van der Waals surface area contributed by atoms with E-state index in [1.165, 1.54) is 6.07 Å². The van der Waals surface area contributed by atoms with E-state index in [1.807, 2.05) is 57.2 Å². The maximum absolute atomic E-state index is 13.4. The fourth-order valence-corrected chi connectivity index (χ4v) is 13.5. The van der Waals surface area contributed by atoms with Crippen molar-refractivity contribution in [3.63, 3.8) is 0 Å². The molecule has 29 nitrogen and oxygen atoms in total. The number of aromatic nitrogens is 12. The minimum atomic E-state index is -2.76. The van der Waals surface area contributed by atoms with E-state index in [4.69, 9.17) is 5.73 Å². The number of rotatable bonds is 10. The van der Waals surface area contributed by atoms with E-state index < -0.39 is 71.3 Å². The Balaban J connectivity index is 0.000000117. The van der Waals surface area contributed by atoms with Gasteiger partial charge in [0.05, 0.1) is 57.4 Å². The van der Waals surface area contributed by atoms with Crippen molar-refractivity contribution >= 4 is 121 Å². The van der Waals surface area contributed by atoms with Crippen molar-refractivity contribution in [3.8, 4) is 0 Å². The highest BCUT2D eigenvalue weighted by Gasteiger charge is 2.58. The van der Waals surface area contributed by atoms with Crippen LogP contribution in [0, 0.1) is 32.6 Å². The zero-order valence-corrected chi connectivity index (χ0v) is 53.7. The summed E-state index contributed by atoms with van der Waals surface area (Å²) in [4.78, 5) is 114. The van der Waals surface area contributed by atoms with Gasteiger partial charge in [0.2, 0.25) is 0 Å². The lowest BCUT2D eigenvalue weighted by Crippen LogP contribution is -2.48. The van der Waals surface area contributed by atoms with Crippen molar-refractivity contribution in [3.05, 3.63) is 107 Å². The first-order valence-corrected chi connectivity index (χ1v) is 32.5. The monoisotopic (exact) mass is 1380 g/mol.